The molecule has 0 amide bonds. The molecule has 0 fully saturated rings. The van der Waals surface area contributed by atoms with Crippen LogP contribution in [0.5, 0.6) is 5.75 Å². The highest BCUT2D eigenvalue weighted by molar-refractivity contribution is 9.11. The number of hydrogen-bond donors (Lipinski definition) is 0. The molecule has 3 aromatic carbocycles. The van der Waals surface area contributed by atoms with Crippen LogP contribution in [0.3, 0.4) is 0 Å². The molecule has 3 rings (SSSR count). The Bertz CT molecular complexity index is 988. The molecule has 0 saturated carbocycles. The van der Waals surface area contributed by atoms with Gasteiger partial charge in [0.05, 0.1) is 10.2 Å². The first kappa shape index (κ1) is 20.4. The number of ether oxygens (including phenoxy) is 1. The molecule has 2 nitrogen and oxygen atoms in total. The summed E-state index contributed by atoms with van der Waals surface area (Å²) in [5.41, 5.74) is 3.75. The van der Waals surface area contributed by atoms with Crippen LogP contribution in [-0.4, -0.2) is 6.21 Å². The summed E-state index contributed by atoms with van der Waals surface area (Å²) < 4.78 is 7.83. The van der Waals surface area contributed by atoms with Gasteiger partial charge in [-0.1, -0.05) is 57.3 Å². The average Bonchev–Trinajstić information content (AvgIpc) is 2.63. The lowest BCUT2D eigenvalue weighted by molar-refractivity contribution is 0.304. The van der Waals surface area contributed by atoms with Crippen molar-refractivity contribution in [3.05, 3.63) is 90.3 Å². The van der Waals surface area contributed by atoms with Crippen LogP contribution < -0.4 is 4.74 Å². The van der Waals surface area contributed by atoms with E-state index in [4.69, 9.17) is 27.9 Å². The molecular weight excluding hydrogens is 513 g/mol. The SMILES string of the molecule is Cc1ccc(Cl)cc1N=Cc1cc(Br)cc(Br)c1OCc1ccc(Cl)cc1. The van der Waals surface area contributed by atoms with Crippen LogP contribution in [0.2, 0.25) is 10.0 Å². The number of nitrogens with zero attached hydrogens (tertiary/aromatic N) is 1. The largest absolute Gasteiger partial charge is 0.487 e. The van der Waals surface area contributed by atoms with E-state index in [0.29, 0.717) is 16.7 Å². The summed E-state index contributed by atoms with van der Waals surface area (Å²) in [6.45, 7) is 2.42. The minimum absolute atomic E-state index is 0.425. The number of hydrogen-bond acceptors (Lipinski definition) is 2. The van der Waals surface area contributed by atoms with Crippen molar-refractivity contribution in [2.45, 2.75) is 13.5 Å². The second-order valence-corrected chi connectivity index (χ2v) is 8.55. The summed E-state index contributed by atoms with van der Waals surface area (Å²) in [5, 5.41) is 1.36. The fraction of sp³-hybridized carbons (Fsp3) is 0.0952. The molecule has 0 heterocycles. The Hall–Kier alpha value is -1.33. The van der Waals surface area contributed by atoms with Crippen molar-refractivity contribution in [2.75, 3.05) is 0 Å². The fourth-order valence-corrected chi connectivity index (χ4v) is 4.09. The zero-order chi connectivity index (χ0) is 19.4. The van der Waals surface area contributed by atoms with Gasteiger partial charge < -0.3 is 4.74 Å². The van der Waals surface area contributed by atoms with Gasteiger partial charge in [0.25, 0.3) is 0 Å². The lowest BCUT2D eigenvalue weighted by Gasteiger charge is -2.12. The second-order valence-electron chi connectivity index (χ2n) is 5.91. The van der Waals surface area contributed by atoms with Crippen LogP contribution in [0.4, 0.5) is 5.69 Å². The van der Waals surface area contributed by atoms with Crippen LogP contribution in [0.25, 0.3) is 0 Å². The van der Waals surface area contributed by atoms with E-state index >= 15 is 0 Å². The Labute approximate surface area is 185 Å². The Kier molecular flexibility index (Phi) is 6.99. The van der Waals surface area contributed by atoms with Crippen molar-refractivity contribution < 1.29 is 4.74 Å². The van der Waals surface area contributed by atoms with Gasteiger partial charge in [-0.3, -0.25) is 4.99 Å². The van der Waals surface area contributed by atoms with Gasteiger partial charge in [0.1, 0.15) is 12.4 Å². The van der Waals surface area contributed by atoms with Crippen LogP contribution >= 0.6 is 55.1 Å². The topological polar surface area (TPSA) is 21.6 Å². The quantitative estimate of drug-likeness (QED) is 0.307. The summed E-state index contributed by atoms with van der Waals surface area (Å²) in [7, 11) is 0. The average molecular weight is 528 g/mol. The van der Waals surface area contributed by atoms with Gasteiger partial charge in [-0.05, 0) is 70.4 Å². The van der Waals surface area contributed by atoms with Crippen LogP contribution in [0, 0.1) is 6.92 Å². The summed E-state index contributed by atoms with van der Waals surface area (Å²) in [4.78, 5) is 4.60. The van der Waals surface area contributed by atoms with Gasteiger partial charge in [-0.15, -0.1) is 0 Å². The minimum Gasteiger partial charge on any atom is -0.487 e. The second kappa shape index (κ2) is 9.24. The highest BCUT2D eigenvalue weighted by Crippen LogP contribution is 2.33. The van der Waals surface area contributed by atoms with E-state index < -0.39 is 0 Å². The van der Waals surface area contributed by atoms with Gasteiger partial charge in [-0.25, -0.2) is 0 Å². The molecule has 0 aliphatic rings. The van der Waals surface area contributed by atoms with Gasteiger partial charge in [0, 0.05) is 26.3 Å². The third-order valence-electron chi connectivity index (χ3n) is 3.85. The van der Waals surface area contributed by atoms with Gasteiger partial charge in [0.15, 0.2) is 0 Å². The molecule has 0 aromatic heterocycles. The molecule has 6 heteroatoms. The lowest BCUT2D eigenvalue weighted by atomic mass is 10.2. The molecule has 0 aliphatic carbocycles. The van der Waals surface area contributed by atoms with Crippen molar-refractivity contribution in [1.82, 2.24) is 0 Å². The minimum atomic E-state index is 0.425. The smallest absolute Gasteiger partial charge is 0.142 e. The molecule has 0 atom stereocenters. The Morgan fingerprint density at radius 1 is 0.963 bits per heavy atom. The summed E-state index contributed by atoms with van der Waals surface area (Å²) in [5.74, 6) is 0.719. The molecular formula is C21H15Br2Cl2NO. The van der Waals surface area contributed by atoms with E-state index in [9.17, 15) is 0 Å². The van der Waals surface area contributed by atoms with Gasteiger partial charge in [0.2, 0.25) is 0 Å². The third kappa shape index (κ3) is 5.58. The van der Waals surface area contributed by atoms with E-state index in [1.807, 2.05) is 61.5 Å². The molecule has 0 unspecified atom stereocenters. The van der Waals surface area contributed by atoms with E-state index in [2.05, 4.69) is 36.9 Å². The maximum Gasteiger partial charge on any atom is 0.142 e. The van der Waals surface area contributed by atoms with Crippen molar-refractivity contribution in [2.24, 2.45) is 4.99 Å². The number of rotatable bonds is 5. The van der Waals surface area contributed by atoms with Crippen molar-refractivity contribution in [1.29, 1.82) is 0 Å². The molecule has 138 valence electrons. The predicted molar refractivity (Wildman–Crippen MR) is 121 cm³/mol. The molecule has 0 spiro atoms. The summed E-state index contributed by atoms with van der Waals surface area (Å²) >= 11 is 19.1. The maximum absolute atomic E-state index is 6.09. The number of benzene rings is 3. The van der Waals surface area contributed by atoms with Crippen molar-refractivity contribution >= 4 is 67.0 Å². The molecule has 0 aliphatic heterocycles. The Balaban J connectivity index is 1.89. The van der Waals surface area contributed by atoms with E-state index in [1.165, 1.54) is 0 Å². The Morgan fingerprint density at radius 3 is 2.41 bits per heavy atom. The molecule has 0 radical (unpaired) electrons. The first-order valence-corrected chi connectivity index (χ1v) is 10.4. The number of aliphatic imine (C=N–C) groups is 1. The van der Waals surface area contributed by atoms with Crippen LogP contribution in [0.1, 0.15) is 16.7 Å². The highest BCUT2D eigenvalue weighted by Gasteiger charge is 2.10. The fourth-order valence-electron chi connectivity index (χ4n) is 2.43. The molecule has 27 heavy (non-hydrogen) atoms. The van der Waals surface area contributed by atoms with E-state index in [0.717, 1.165) is 37.1 Å². The zero-order valence-corrected chi connectivity index (χ0v) is 19.0. The third-order valence-corrected chi connectivity index (χ3v) is 5.38. The zero-order valence-electron chi connectivity index (χ0n) is 14.3. The van der Waals surface area contributed by atoms with E-state index in [-0.39, 0.29) is 0 Å². The van der Waals surface area contributed by atoms with Crippen molar-refractivity contribution in [3.63, 3.8) is 0 Å². The first-order chi connectivity index (χ1) is 12.9. The maximum atomic E-state index is 6.09. The molecule has 0 N–H and O–H groups in total. The summed E-state index contributed by atoms with van der Waals surface area (Å²) in [6, 6.07) is 17.1. The standard InChI is InChI=1S/C21H15Br2Cl2NO/c1-13-2-5-18(25)10-20(13)26-11-15-8-16(22)9-19(23)21(15)27-12-14-3-6-17(24)7-4-14/h2-11H,12H2,1H3. The molecule has 3 aromatic rings. The molecule has 0 bridgehead atoms. The van der Waals surface area contributed by atoms with Gasteiger partial charge in [-0.2, -0.15) is 0 Å². The van der Waals surface area contributed by atoms with Crippen molar-refractivity contribution in [3.8, 4) is 5.75 Å². The summed E-state index contributed by atoms with van der Waals surface area (Å²) in [6.07, 6.45) is 1.78. The molecule has 0 saturated heterocycles. The monoisotopic (exact) mass is 525 g/mol. The van der Waals surface area contributed by atoms with Gasteiger partial charge >= 0.3 is 0 Å². The predicted octanol–water partition coefficient (Wildman–Crippen LogP) is 8.16. The van der Waals surface area contributed by atoms with Crippen LogP contribution in [-0.2, 0) is 6.61 Å². The number of halogens is 4. The highest BCUT2D eigenvalue weighted by atomic mass is 79.9. The lowest BCUT2D eigenvalue weighted by Crippen LogP contribution is -1.99. The Morgan fingerprint density at radius 2 is 1.67 bits per heavy atom. The first-order valence-electron chi connectivity index (χ1n) is 8.09. The van der Waals surface area contributed by atoms with E-state index in [1.54, 1.807) is 6.21 Å². The normalized spacial score (nSPS) is 11.1. The number of aryl methyl sites for hydroxylation is 1. The van der Waals surface area contributed by atoms with Crippen LogP contribution in [0.15, 0.2) is 68.5 Å².